The van der Waals surface area contributed by atoms with Crippen molar-refractivity contribution in [3.63, 3.8) is 0 Å². The summed E-state index contributed by atoms with van der Waals surface area (Å²) in [6, 6.07) is 7.06. The number of thiazole rings is 1. The summed E-state index contributed by atoms with van der Waals surface area (Å²) in [7, 11) is 0. The van der Waals surface area contributed by atoms with Crippen molar-refractivity contribution < 1.29 is 19.8 Å². The lowest BCUT2D eigenvalue weighted by molar-refractivity contribution is -0.163. The number of carboxylic acid groups (broad SMARTS) is 1. The van der Waals surface area contributed by atoms with Gasteiger partial charge >= 0.3 is 5.97 Å². The Morgan fingerprint density at radius 1 is 1.36 bits per heavy atom. The molecule has 0 radical (unpaired) electrons. The summed E-state index contributed by atoms with van der Waals surface area (Å²) < 4.78 is 0.705. The Morgan fingerprint density at radius 3 is 2.64 bits per heavy atom. The fraction of sp³-hybridized carbons (Fsp3) is 0.316. The van der Waals surface area contributed by atoms with Gasteiger partial charge in [0, 0.05) is 27.5 Å². The van der Waals surface area contributed by atoms with E-state index in [2.05, 4.69) is 4.98 Å². The van der Waals surface area contributed by atoms with E-state index in [1.54, 1.807) is 19.1 Å². The highest BCUT2D eigenvalue weighted by molar-refractivity contribution is 8.04. The van der Waals surface area contributed by atoms with Crippen molar-refractivity contribution >= 4 is 40.7 Å². The molecule has 4 rings (SSSR count). The molecule has 2 aromatic rings. The number of carboxylic acids is 1. The number of aliphatic carboxylic acids is 1. The monoisotopic (exact) mass is 417 g/mol. The lowest BCUT2D eigenvalue weighted by atomic mass is 9.79. The number of hydrogen-bond donors (Lipinski definition) is 3. The lowest BCUT2D eigenvalue weighted by Crippen LogP contribution is -2.63. The van der Waals surface area contributed by atoms with E-state index in [1.807, 2.05) is 24.4 Å². The summed E-state index contributed by atoms with van der Waals surface area (Å²) in [5.74, 6) is -2.22. The maximum atomic E-state index is 12.4. The molecule has 1 saturated heterocycles. The van der Waals surface area contributed by atoms with E-state index in [1.165, 1.54) is 28.0 Å². The van der Waals surface area contributed by atoms with Crippen LogP contribution in [-0.2, 0) is 9.59 Å². The number of carbonyl (C=O) groups is 2. The Kier molecular flexibility index (Phi) is 4.68. The predicted octanol–water partition coefficient (Wildman–Crippen LogP) is 2.64. The van der Waals surface area contributed by atoms with Crippen LogP contribution < -0.4 is 5.73 Å². The molecule has 0 bridgehead atoms. The summed E-state index contributed by atoms with van der Waals surface area (Å²) >= 11 is 2.71. The van der Waals surface area contributed by atoms with Crippen LogP contribution in [0.25, 0.3) is 11.3 Å². The molecule has 0 saturated carbocycles. The number of carbonyl (C=O) groups excluding carboxylic acids is 1. The molecule has 3 heterocycles. The first-order valence-electron chi connectivity index (χ1n) is 8.77. The molecule has 7 nitrogen and oxygen atoms in total. The van der Waals surface area contributed by atoms with Crippen molar-refractivity contribution in [1.82, 2.24) is 9.88 Å². The van der Waals surface area contributed by atoms with Crippen LogP contribution in [0.4, 0.5) is 5.69 Å². The van der Waals surface area contributed by atoms with E-state index in [0.29, 0.717) is 14.9 Å². The van der Waals surface area contributed by atoms with Gasteiger partial charge in [0.1, 0.15) is 5.70 Å². The predicted molar refractivity (Wildman–Crippen MR) is 107 cm³/mol. The van der Waals surface area contributed by atoms with Gasteiger partial charge in [-0.1, -0.05) is 30.8 Å². The van der Waals surface area contributed by atoms with Gasteiger partial charge in [0.15, 0.2) is 4.34 Å². The minimum absolute atomic E-state index is 0.00800. The maximum absolute atomic E-state index is 12.4. The molecular weight excluding hydrogens is 398 g/mol. The van der Waals surface area contributed by atoms with Crippen molar-refractivity contribution in [3.8, 4) is 11.3 Å². The van der Waals surface area contributed by atoms with Crippen LogP contribution in [0.5, 0.6) is 0 Å². The van der Waals surface area contributed by atoms with Gasteiger partial charge in [-0.15, -0.1) is 11.3 Å². The van der Waals surface area contributed by atoms with E-state index >= 15 is 0 Å². The van der Waals surface area contributed by atoms with Gasteiger partial charge in [-0.3, -0.25) is 4.79 Å². The molecule has 0 aliphatic carbocycles. The molecule has 146 valence electrons. The Bertz CT molecular complexity index is 983. The van der Waals surface area contributed by atoms with Gasteiger partial charge < -0.3 is 20.8 Å². The second-order valence-corrected chi connectivity index (χ2v) is 9.14. The fourth-order valence-electron chi connectivity index (χ4n) is 3.84. The van der Waals surface area contributed by atoms with Gasteiger partial charge in [0.05, 0.1) is 23.8 Å². The first kappa shape index (κ1) is 19.0. The molecule has 1 amide bonds. The second kappa shape index (κ2) is 6.91. The minimum atomic E-state index is -1.13. The third kappa shape index (κ3) is 2.90. The number of rotatable bonds is 5. The van der Waals surface area contributed by atoms with Crippen LogP contribution in [-0.4, -0.2) is 44.1 Å². The van der Waals surface area contributed by atoms with Crippen LogP contribution in [0.15, 0.2) is 44.6 Å². The van der Waals surface area contributed by atoms with E-state index in [-0.39, 0.29) is 23.6 Å². The van der Waals surface area contributed by atoms with Crippen molar-refractivity contribution in [2.45, 2.75) is 30.3 Å². The average molecular weight is 418 g/mol. The number of benzene rings is 1. The van der Waals surface area contributed by atoms with Crippen LogP contribution in [0, 0.1) is 11.8 Å². The van der Waals surface area contributed by atoms with Crippen molar-refractivity contribution in [3.05, 3.63) is 40.2 Å². The number of fused-ring (bicyclic) bond motifs is 1. The number of nitrogen functional groups attached to an aromatic ring is 1. The normalized spacial score (nSPS) is 24.9. The maximum Gasteiger partial charge on any atom is 0.353 e. The highest BCUT2D eigenvalue weighted by Crippen LogP contribution is 2.52. The van der Waals surface area contributed by atoms with Crippen molar-refractivity contribution in [2.24, 2.45) is 11.8 Å². The quantitative estimate of drug-likeness (QED) is 0.506. The number of thioether (sulfide) groups is 1. The molecule has 9 heteroatoms. The number of anilines is 1. The average Bonchev–Trinajstić information content (AvgIpc) is 3.18. The Hall–Kier alpha value is -2.36. The van der Waals surface area contributed by atoms with E-state index in [4.69, 9.17) is 5.73 Å². The standard InChI is InChI=1S/C19H19N3O4S2/c1-8-14-13(9(2)23)17(24)22(14)15(18(25)26)16(8)28-19-21-12(7-27-19)10-3-5-11(20)6-4-10/h3-9,13-14,23H,20H2,1-2H3,(H,25,26)/t8-,9?,13+,14+/m1/s1. The number of nitrogens with two attached hydrogens (primary N) is 1. The number of nitrogens with zero attached hydrogens (tertiary/aromatic N) is 2. The Labute approximate surface area is 169 Å². The van der Waals surface area contributed by atoms with Crippen LogP contribution in [0.2, 0.25) is 0 Å². The summed E-state index contributed by atoms with van der Waals surface area (Å²) in [6.07, 6.45) is -0.812. The Balaban J connectivity index is 1.63. The van der Waals surface area contributed by atoms with Crippen LogP contribution >= 0.6 is 23.1 Å². The lowest BCUT2D eigenvalue weighted by Gasteiger charge is -2.46. The first-order chi connectivity index (χ1) is 13.3. The fourth-order valence-corrected chi connectivity index (χ4v) is 5.94. The molecule has 2 aliphatic rings. The van der Waals surface area contributed by atoms with Crippen LogP contribution in [0.1, 0.15) is 13.8 Å². The SMILES string of the molecule is CC(O)[C@@H]1C(=O)N2C(C(=O)O)=C(Sc3nc(-c4ccc(N)cc4)cs3)[C@H](C)[C@@H]12. The third-order valence-electron chi connectivity index (χ3n) is 5.20. The zero-order valence-corrected chi connectivity index (χ0v) is 16.8. The van der Waals surface area contributed by atoms with Gasteiger partial charge in [-0.25, -0.2) is 9.78 Å². The van der Waals surface area contributed by atoms with Crippen molar-refractivity contribution in [2.75, 3.05) is 5.73 Å². The van der Waals surface area contributed by atoms with Gasteiger partial charge in [0.25, 0.3) is 0 Å². The number of aliphatic hydroxyl groups is 1. The molecule has 1 fully saturated rings. The highest BCUT2D eigenvalue weighted by Gasteiger charge is 2.60. The number of hydrogen-bond acceptors (Lipinski definition) is 7. The van der Waals surface area contributed by atoms with Crippen molar-refractivity contribution in [1.29, 1.82) is 0 Å². The zero-order valence-electron chi connectivity index (χ0n) is 15.2. The molecule has 2 aliphatic heterocycles. The van der Waals surface area contributed by atoms with Gasteiger partial charge in [-0.2, -0.15) is 0 Å². The van der Waals surface area contributed by atoms with Crippen LogP contribution in [0.3, 0.4) is 0 Å². The van der Waals surface area contributed by atoms with E-state index in [9.17, 15) is 19.8 Å². The highest BCUT2D eigenvalue weighted by atomic mass is 32.2. The largest absolute Gasteiger partial charge is 0.477 e. The number of aliphatic hydroxyl groups excluding tert-OH is 1. The van der Waals surface area contributed by atoms with Gasteiger partial charge in [0.2, 0.25) is 5.91 Å². The summed E-state index contributed by atoms with van der Waals surface area (Å²) in [4.78, 5) is 30.8. The molecule has 4 N–H and O–H groups in total. The molecule has 1 unspecified atom stereocenters. The molecule has 0 spiro atoms. The molecular formula is C19H19N3O4S2. The summed E-state index contributed by atoms with van der Waals surface area (Å²) in [5.41, 5.74) is 8.12. The minimum Gasteiger partial charge on any atom is -0.477 e. The molecule has 1 aromatic heterocycles. The van der Waals surface area contributed by atoms with Gasteiger partial charge in [-0.05, 0) is 19.1 Å². The number of amides is 1. The van der Waals surface area contributed by atoms with E-state index in [0.717, 1.165) is 11.3 Å². The Morgan fingerprint density at radius 2 is 2.04 bits per heavy atom. The number of aromatic nitrogens is 1. The third-order valence-corrected chi connectivity index (χ3v) is 7.42. The summed E-state index contributed by atoms with van der Waals surface area (Å²) in [6.45, 7) is 3.46. The van der Waals surface area contributed by atoms with E-state index < -0.39 is 18.0 Å². The molecule has 4 atom stereocenters. The molecule has 28 heavy (non-hydrogen) atoms. The topological polar surface area (TPSA) is 117 Å². The number of β-lactam (4-membered cyclic amide) rings is 1. The smallest absolute Gasteiger partial charge is 0.353 e. The summed E-state index contributed by atoms with van der Waals surface area (Å²) in [5, 5.41) is 21.5. The second-order valence-electron chi connectivity index (χ2n) is 6.99. The zero-order chi connectivity index (χ0) is 20.2. The molecule has 1 aromatic carbocycles. The first-order valence-corrected chi connectivity index (χ1v) is 10.5.